The van der Waals surface area contributed by atoms with E-state index in [1.165, 1.54) is 43.4 Å². The molecule has 0 unspecified atom stereocenters. The standard InChI is InChI=1S/C74H53FN2Si/c1-78(2)71-42-24-39-62-65-49-70(77(69-41-23-21-36-58(69)52-29-12-5-13-30-52)74-63(53-31-14-6-15-32-53)45-54(46-67(74)75)50-25-8-3-9-26-50)60-38-19-18-37-59(60)64(65)48-66(73(62)71)61-44-43-56(47-72(61)78)76(55-33-16-7-17-34-55)68-40-22-20-35-57(68)51-27-10-4-11-28-51/h3-49H,1-2H3. The van der Waals surface area contributed by atoms with E-state index in [0.717, 1.165) is 83.4 Å². The Morgan fingerprint density at radius 3 is 1.41 bits per heavy atom. The van der Waals surface area contributed by atoms with Crippen LogP contribution >= 0.6 is 0 Å². The summed E-state index contributed by atoms with van der Waals surface area (Å²) < 4.78 is 18.3. The molecule has 0 N–H and O–H groups in total. The van der Waals surface area contributed by atoms with Gasteiger partial charge in [0.25, 0.3) is 0 Å². The van der Waals surface area contributed by atoms with Crippen LogP contribution in [0.2, 0.25) is 13.1 Å². The Morgan fingerprint density at radius 1 is 0.282 bits per heavy atom. The van der Waals surface area contributed by atoms with Crippen molar-refractivity contribution in [2.45, 2.75) is 13.1 Å². The zero-order valence-corrected chi connectivity index (χ0v) is 44.4. The van der Waals surface area contributed by atoms with Gasteiger partial charge in [-0.1, -0.05) is 238 Å². The van der Waals surface area contributed by atoms with Gasteiger partial charge < -0.3 is 9.80 Å². The molecule has 0 aromatic heterocycles. The summed E-state index contributed by atoms with van der Waals surface area (Å²) >= 11 is 0. The van der Waals surface area contributed by atoms with E-state index in [1.54, 1.807) is 6.07 Å². The van der Waals surface area contributed by atoms with Gasteiger partial charge in [-0.15, -0.1) is 0 Å². The first-order valence-corrected chi connectivity index (χ1v) is 29.9. The fraction of sp³-hybridized carbons (Fsp3) is 0.0270. The lowest BCUT2D eigenvalue weighted by Crippen LogP contribution is -2.56. The highest BCUT2D eigenvalue weighted by molar-refractivity contribution is 7.03. The maximum atomic E-state index is 18.3. The molecule has 0 saturated heterocycles. The first kappa shape index (κ1) is 46.9. The quantitative estimate of drug-likeness (QED) is 0.0995. The van der Waals surface area contributed by atoms with Crippen LogP contribution in [0.4, 0.5) is 38.5 Å². The highest BCUT2D eigenvalue weighted by atomic mass is 28.3. The molecule has 370 valence electrons. The van der Waals surface area contributed by atoms with Crippen molar-refractivity contribution >= 4 is 84.9 Å². The summed E-state index contributed by atoms with van der Waals surface area (Å²) in [6.07, 6.45) is 0. The number of rotatable bonds is 10. The summed E-state index contributed by atoms with van der Waals surface area (Å²) in [5, 5.41) is 9.74. The largest absolute Gasteiger partial charge is 0.310 e. The van der Waals surface area contributed by atoms with E-state index in [4.69, 9.17) is 0 Å². The van der Waals surface area contributed by atoms with Crippen LogP contribution in [0.1, 0.15) is 0 Å². The normalized spacial score (nSPS) is 12.4. The van der Waals surface area contributed by atoms with Crippen LogP contribution in [0.3, 0.4) is 0 Å². The molecule has 0 saturated carbocycles. The van der Waals surface area contributed by atoms with Crippen LogP contribution in [-0.2, 0) is 0 Å². The van der Waals surface area contributed by atoms with Crippen molar-refractivity contribution < 1.29 is 4.39 Å². The molecule has 0 fully saturated rings. The average Bonchev–Trinajstić information content (AvgIpc) is 2.72. The maximum absolute atomic E-state index is 18.3. The number of hydrogen-bond donors (Lipinski definition) is 0. The van der Waals surface area contributed by atoms with E-state index < -0.39 is 8.07 Å². The number of benzene rings is 13. The van der Waals surface area contributed by atoms with E-state index in [2.05, 4.69) is 259 Å². The molecule has 4 heteroatoms. The molecule has 0 atom stereocenters. The van der Waals surface area contributed by atoms with E-state index in [1.807, 2.05) is 42.5 Å². The molecular formula is C74H53FN2Si. The van der Waals surface area contributed by atoms with Crippen molar-refractivity contribution in [2.24, 2.45) is 0 Å². The fourth-order valence-corrected chi connectivity index (χ4v) is 15.5. The van der Waals surface area contributed by atoms with Gasteiger partial charge in [-0.05, 0) is 137 Å². The third-order valence-electron chi connectivity index (χ3n) is 16.1. The molecule has 0 spiro atoms. The Balaban J connectivity index is 1.03. The maximum Gasteiger partial charge on any atom is 0.148 e. The minimum atomic E-state index is -2.42. The second-order valence-electron chi connectivity index (χ2n) is 20.9. The second-order valence-corrected chi connectivity index (χ2v) is 25.2. The van der Waals surface area contributed by atoms with Crippen LogP contribution in [0.15, 0.2) is 285 Å². The molecule has 13 aromatic carbocycles. The fourth-order valence-electron chi connectivity index (χ4n) is 12.4. The molecule has 14 rings (SSSR count). The van der Waals surface area contributed by atoms with Gasteiger partial charge in [0, 0.05) is 33.5 Å². The van der Waals surface area contributed by atoms with E-state index >= 15 is 4.39 Å². The van der Waals surface area contributed by atoms with E-state index in [0.29, 0.717) is 5.69 Å². The number of fused-ring (bicyclic) bond motifs is 6. The van der Waals surface area contributed by atoms with Crippen LogP contribution in [0, 0.1) is 5.82 Å². The lowest BCUT2D eigenvalue weighted by atomic mass is 9.89. The number of hydrogen-bond acceptors (Lipinski definition) is 2. The molecule has 1 aliphatic heterocycles. The monoisotopic (exact) mass is 1020 g/mol. The third kappa shape index (κ3) is 7.83. The summed E-state index contributed by atoms with van der Waals surface area (Å²) in [7, 11) is -2.42. The molecule has 1 heterocycles. The summed E-state index contributed by atoms with van der Waals surface area (Å²) in [6.45, 7) is 5.03. The number of halogens is 1. The Morgan fingerprint density at radius 2 is 0.782 bits per heavy atom. The summed E-state index contributed by atoms with van der Waals surface area (Å²) in [4.78, 5) is 4.65. The summed E-state index contributed by atoms with van der Waals surface area (Å²) in [6, 6.07) is 101. The Labute approximate surface area is 456 Å². The molecule has 1 aliphatic rings. The van der Waals surface area contributed by atoms with Gasteiger partial charge in [0.1, 0.15) is 13.9 Å². The SMILES string of the molecule is C[Si]1(C)c2cc(N(c3ccccc3)c3ccccc3-c3ccccc3)ccc2-c2cc3c4ccccc4c(N(c4ccccc4-c4ccccc4)c4c(F)cc(-c5ccccc5)cc4-c4ccccc4)cc3c3cccc1c23. The van der Waals surface area contributed by atoms with E-state index in [9.17, 15) is 0 Å². The van der Waals surface area contributed by atoms with Gasteiger partial charge in [-0.3, -0.25) is 0 Å². The topological polar surface area (TPSA) is 6.48 Å². The number of anilines is 6. The van der Waals surface area contributed by atoms with Gasteiger partial charge in [0.05, 0.1) is 22.7 Å². The van der Waals surface area contributed by atoms with E-state index in [-0.39, 0.29) is 5.82 Å². The second kappa shape index (κ2) is 19.2. The van der Waals surface area contributed by atoms with Crippen molar-refractivity contribution in [3.05, 3.63) is 291 Å². The molecule has 0 radical (unpaired) electrons. The zero-order valence-electron chi connectivity index (χ0n) is 43.4. The predicted octanol–water partition coefficient (Wildman–Crippen LogP) is 19.7. The van der Waals surface area contributed by atoms with Crippen molar-refractivity contribution in [1.82, 2.24) is 0 Å². The first-order chi connectivity index (χ1) is 38.4. The van der Waals surface area contributed by atoms with Crippen LogP contribution < -0.4 is 20.2 Å². The summed E-state index contributed by atoms with van der Waals surface area (Å²) in [5.41, 5.74) is 16.1. The van der Waals surface area contributed by atoms with Gasteiger partial charge in [-0.2, -0.15) is 0 Å². The van der Waals surface area contributed by atoms with Crippen molar-refractivity contribution in [2.75, 3.05) is 9.80 Å². The Bertz CT molecular complexity index is 4410. The van der Waals surface area contributed by atoms with Crippen LogP contribution in [0.25, 0.3) is 88.0 Å². The van der Waals surface area contributed by atoms with Crippen molar-refractivity contribution in [3.8, 4) is 55.6 Å². The molecule has 78 heavy (non-hydrogen) atoms. The van der Waals surface area contributed by atoms with Crippen molar-refractivity contribution in [1.29, 1.82) is 0 Å². The lowest BCUT2D eigenvalue weighted by molar-refractivity contribution is 0.630. The molecule has 13 aromatic rings. The Kier molecular flexibility index (Phi) is 11.5. The van der Waals surface area contributed by atoms with Gasteiger partial charge in [0.2, 0.25) is 0 Å². The minimum absolute atomic E-state index is 0.308. The van der Waals surface area contributed by atoms with Gasteiger partial charge in [-0.25, -0.2) is 4.39 Å². The molecule has 0 bridgehead atoms. The summed E-state index contributed by atoms with van der Waals surface area (Å²) in [5.74, 6) is -0.308. The average molecular weight is 1020 g/mol. The molecule has 2 nitrogen and oxygen atoms in total. The predicted molar refractivity (Wildman–Crippen MR) is 332 cm³/mol. The van der Waals surface area contributed by atoms with Crippen molar-refractivity contribution in [3.63, 3.8) is 0 Å². The van der Waals surface area contributed by atoms with Crippen LogP contribution in [0.5, 0.6) is 0 Å². The smallest absolute Gasteiger partial charge is 0.148 e. The molecule has 0 amide bonds. The third-order valence-corrected chi connectivity index (χ3v) is 19.6. The van der Waals surface area contributed by atoms with Gasteiger partial charge in [0.15, 0.2) is 0 Å². The van der Waals surface area contributed by atoms with Crippen LogP contribution in [-0.4, -0.2) is 8.07 Å². The molecule has 0 aliphatic carbocycles. The number of para-hydroxylation sites is 3. The molecular weight excluding hydrogens is 964 g/mol. The number of nitrogens with zero attached hydrogens (tertiary/aromatic N) is 2. The minimum Gasteiger partial charge on any atom is -0.310 e. The highest BCUT2D eigenvalue weighted by Gasteiger charge is 2.37. The highest BCUT2D eigenvalue weighted by Crippen LogP contribution is 2.52. The first-order valence-electron chi connectivity index (χ1n) is 26.9. The zero-order chi connectivity index (χ0) is 52.3. The van der Waals surface area contributed by atoms with Gasteiger partial charge >= 0.3 is 0 Å². The lowest BCUT2D eigenvalue weighted by Gasteiger charge is -2.36. The Hall–Kier alpha value is -9.61.